The highest BCUT2D eigenvalue weighted by Crippen LogP contribution is 2.24. The average Bonchev–Trinajstić information content (AvgIpc) is 2.34. The second-order valence-corrected chi connectivity index (χ2v) is 4.40. The minimum absolute atomic E-state index is 0.627. The summed E-state index contributed by atoms with van der Waals surface area (Å²) in [4.78, 5) is 6.70. The third kappa shape index (κ3) is 3.66. The van der Waals surface area contributed by atoms with Crippen molar-refractivity contribution in [3.05, 3.63) is 23.0 Å². The van der Waals surface area contributed by atoms with Crippen molar-refractivity contribution in [1.82, 2.24) is 9.88 Å². The molecule has 102 valence electrons. The number of nitrogens with zero attached hydrogens (tertiary/aromatic N) is 2. The molecular formula is C13H24N4O. The molecule has 0 saturated heterocycles. The van der Waals surface area contributed by atoms with Gasteiger partial charge in [-0.25, -0.2) is 0 Å². The first-order chi connectivity index (χ1) is 8.63. The van der Waals surface area contributed by atoms with Gasteiger partial charge in [0.2, 0.25) is 0 Å². The third-order valence-corrected chi connectivity index (χ3v) is 3.01. The minimum Gasteiger partial charge on any atom is -0.496 e. The van der Waals surface area contributed by atoms with E-state index in [1.54, 1.807) is 7.11 Å². The van der Waals surface area contributed by atoms with E-state index in [1.165, 1.54) is 0 Å². The van der Waals surface area contributed by atoms with E-state index in [-0.39, 0.29) is 0 Å². The summed E-state index contributed by atoms with van der Waals surface area (Å²) in [7, 11) is 1.69. The molecule has 0 aliphatic rings. The highest BCUT2D eigenvalue weighted by molar-refractivity contribution is 5.40. The maximum atomic E-state index is 5.60. The van der Waals surface area contributed by atoms with Gasteiger partial charge in [0, 0.05) is 50.0 Å². The van der Waals surface area contributed by atoms with Gasteiger partial charge in [-0.15, -0.1) is 0 Å². The Morgan fingerprint density at radius 1 is 1.22 bits per heavy atom. The fraction of sp³-hybridized carbons (Fsp3) is 0.615. The molecule has 0 radical (unpaired) electrons. The molecule has 0 fully saturated rings. The predicted octanol–water partition coefficient (Wildman–Crippen LogP) is 0.426. The molecule has 0 spiro atoms. The average molecular weight is 252 g/mol. The Labute approximate surface area is 109 Å². The van der Waals surface area contributed by atoms with Crippen LogP contribution in [0.4, 0.5) is 0 Å². The van der Waals surface area contributed by atoms with Gasteiger partial charge >= 0.3 is 0 Å². The lowest BCUT2D eigenvalue weighted by Crippen LogP contribution is -2.34. The van der Waals surface area contributed by atoms with Crippen LogP contribution >= 0.6 is 0 Å². The summed E-state index contributed by atoms with van der Waals surface area (Å²) in [5.41, 5.74) is 14.4. The van der Waals surface area contributed by atoms with E-state index >= 15 is 0 Å². The number of pyridine rings is 1. The highest BCUT2D eigenvalue weighted by atomic mass is 16.5. The molecule has 0 saturated carbocycles. The molecule has 0 aromatic carbocycles. The lowest BCUT2D eigenvalue weighted by atomic mass is 10.1. The molecule has 1 rings (SSSR count). The van der Waals surface area contributed by atoms with Gasteiger partial charge < -0.3 is 16.2 Å². The quantitative estimate of drug-likeness (QED) is 0.735. The van der Waals surface area contributed by atoms with Crippen LogP contribution in [0.2, 0.25) is 0 Å². The molecule has 18 heavy (non-hydrogen) atoms. The SMILES string of the molecule is COc1c(C)cnc(CN(CCN)CCN)c1C. The van der Waals surface area contributed by atoms with Crippen LogP contribution in [-0.2, 0) is 6.54 Å². The third-order valence-electron chi connectivity index (χ3n) is 3.01. The largest absolute Gasteiger partial charge is 0.496 e. The smallest absolute Gasteiger partial charge is 0.128 e. The summed E-state index contributed by atoms with van der Waals surface area (Å²) >= 11 is 0. The van der Waals surface area contributed by atoms with Crippen molar-refractivity contribution in [2.45, 2.75) is 20.4 Å². The van der Waals surface area contributed by atoms with E-state index in [0.29, 0.717) is 13.1 Å². The first-order valence-electron chi connectivity index (χ1n) is 6.25. The van der Waals surface area contributed by atoms with Gasteiger partial charge in [-0.1, -0.05) is 0 Å². The molecule has 1 aromatic rings. The van der Waals surface area contributed by atoms with E-state index < -0.39 is 0 Å². The molecule has 5 heteroatoms. The fourth-order valence-corrected chi connectivity index (χ4v) is 2.08. The fourth-order valence-electron chi connectivity index (χ4n) is 2.08. The number of aromatic nitrogens is 1. The molecule has 0 amide bonds. The zero-order valence-corrected chi connectivity index (χ0v) is 11.6. The number of aryl methyl sites for hydroxylation is 1. The summed E-state index contributed by atoms with van der Waals surface area (Å²) in [6.07, 6.45) is 1.85. The molecule has 5 nitrogen and oxygen atoms in total. The molecule has 1 aromatic heterocycles. The lowest BCUT2D eigenvalue weighted by molar-refractivity contribution is 0.276. The topological polar surface area (TPSA) is 77.4 Å². The number of nitrogens with two attached hydrogens (primary N) is 2. The normalized spacial score (nSPS) is 11.0. The summed E-state index contributed by atoms with van der Waals surface area (Å²) in [5.74, 6) is 0.917. The van der Waals surface area contributed by atoms with Gasteiger partial charge in [0.05, 0.1) is 12.8 Å². The van der Waals surface area contributed by atoms with Gasteiger partial charge in [-0.05, 0) is 13.8 Å². The molecule has 1 heterocycles. The molecule has 0 unspecified atom stereocenters. The Balaban J connectivity index is 2.88. The van der Waals surface area contributed by atoms with Crippen LogP contribution in [-0.4, -0.2) is 43.2 Å². The van der Waals surface area contributed by atoms with Crippen molar-refractivity contribution in [3.63, 3.8) is 0 Å². The molecular weight excluding hydrogens is 228 g/mol. The van der Waals surface area contributed by atoms with Crippen molar-refractivity contribution in [1.29, 1.82) is 0 Å². The van der Waals surface area contributed by atoms with E-state index in [4.69, 9.17) is 16.2 Å². The first-order valence-corrected chi connectivity index (χ1v) is 6.25. The number of hydrogen-bond donors (Lipinski definition) is 2. The molecule has 0 aliphatic heterocycles. The van der Waals surface area contributed by atoms with Crippen molar-refractivity contribution < 1.29 is 4.74 Å². The number of methoxy groups -OCH3 is 1. The Kier molecular flexibility index (Phi) is 6.04. The summed E-state index contributed by atoms with van der Waals surface area (Å²) in [6.45, 7) is 7.71. The first kappa shape index (κ1) is 14.9. The van der Waals surface area contributed by atoms with E-state index in [2.05, 4.69) is 9.88 Å². The summed E-state index contributed by atoms with van der Waals surface area (Å²) < 4.78 is 5.41. The highest BCUT2D eigenvalue weighted by Gasteiger charge is 2.12. The second-order valence-electron chi connectivity index (χ2n) is 4.40. The van der Waals surface area contributed by atoms with Crippen molar-refractivity contribution >= 4 is 0 Å². The molecule has 0 aliphatic carbocycles. The maximum absolute atomic E-state index is 5.60. The molecule has 0 atom stereocenters. The van der Waals surface area contributed by atoms with Gasteiger partial charge in [0.15, 0.2) is 0 Å². The Hall–Kier alpha value is -1.17. The monoisotopic (exact) mass is 252 g/mol. The molecule has 0 bridgehead atoms. The zero-order chi connectivity index (χ0) is 13.5. The van der Waals surface area contributed by atoms with Crippen LogP contribution in [0.25, 0.3) is 0 Å². The standard InChI is InChI=1S/C13H24N4O/c1-10-8-16-12(11(2)13(10)18-3)9-17(6-4-14)7-5-15/h8H,4-7,9,14-15H2,1-3H3. The number of ether oxygens (including phenoxy) is 1. The van der Waals surface area contributed by atoms with E-state index in [0.717, 1.165) is 42.2 Å². The van der Waals surface area contributed by atoms with Crippen molar-refractivity contribution in [3.8, 4) is 5.75 Å². The van der Waals surface area contributed by atoms with E-state index in [1.807, 2.05) is 20.0 Å². The lowest BCUT2D eigenvalue weighted by Gasteiger charge is -2.22. The minimum atomic E-state index is 0.627. The summed E-state index contributed by atoms with van der Waals surface area (Å²) in [5, 5.41) is 0. The second kappa shape index (κ2) is 7.31. The van der Waals surface area contributed by atoms with Crippen molar-refractivity contribution in [2.75, 3.05) is 33.3 Å². The van der Waals surface area contributed by atoms with Gasteiger partial charge in [-0.3, -0.25) is 9.88 Å². The van der Waals surface area contributed by atoms with Gasteiger partial charge in [-0.2, -0.15) is 0 Å². The van der Waals surface area contributed by atoms with Gasteiger partial charge in [0.1, 0.15) is 5.75 Å². The summed E-state index contributed by atoms with van der Waals surface area (Å²) in [6, 6.07) is 0. The van der Waals surface area contributed by atoms with E-state index in [9.17, 15) is 0 Å². The maximum Gasteiger partial charge on any atom is 0.128 e. The Morgan fingerprint density at radius 3 is 2.33 bits per heavy atom. The van der Waals surface area contributed by atoms with Crippen LogP contribution < -0.4 is 16.2 Å². The Bertz CT molecular complexity index is 375. The Morgan fingerprint density at radius 2 is 1.83 bits per heavy atom. The van der Waals surface area contributed by atoms with Gasteiger partial charge in [0.25, 0.3) is 0 Å². The number of rotatable bonds is 7. The van der Waals surface area contributed by atoms with Crippen LogP contribution in [0, 0.1) is 13.8 Å². The van der Waals surface area contributed by atoms with Crippen LogP contribution in [0.15, 0.2) is 6.20 Å². The molecule has 4 N–H and O–H groups in total. The van der Waals surface area contributed by atoms with Crippen molar-refractivity contribution in [2.24, 2.45) is 11.5 Å². The van der Waals surface area contributed by atoms with Crippen LogP contribution in [0.3, 0.4) is 0 Å². The predicted molar refractivity (Wildman–Crippen MR) is 73.6 cm³/mol. The van der Waals surface area contributed by atoms with Crippen LogP contribution in [0.5, 0.6) is 5.75 Å². The zero-order valence-electron chi connectivity index (χ0n) is 11.6. The number of hydrogen-bond acceptors (Lipinski definition) is 5. The van der Waals surface area contributed by atoms with Crippen LogP contribution in [0.1, 0.15) is 16.8 Å².